The topological polar surface area (TPSA) is 47.6 Å². The van der Waals surface area contributed by atoms with Crippen LogP contribution < -0.4 is 0 Å². The molecular formula is C15H18N2. The lowest BCUT2D eigenvalue weighted by Gasteiger charge is -2.34. The van der Waals surface area contributed by atoms with E-state index in [1.54, 1.807) is 0 Å². The van der Waals surface area contributed by atoms with Crippen molar-refractivity contribution in [3.05, 3.63) is 35.9 Å². The first-order valence-corrected chi connectivity index (χ1v) is 5.91. The average molecular weight is 226 g/mol. The Morgan fingerprint density at radius 1 is 1.12 bits per heavy atom. The normalized spacial score (nSPS) is 12.8. The summed E-state index contributed by atoms with van der Waals surface area (Å²) in [5.41, 5.74) is 1.02. The van der Waals surface area contributed by atoms with Gasteiger partial charge in [-0.25, -0.2) is 0 Å². The highest BCUT2D eigenvalue weighted by Crippen LogP contribution is 2.42. The van der Waals surface area contributed by atoms with Gasteiger partial charge in [-0.15, -0.1) is 0 Å². The van der Waals surface area contributed by atoms with Crippen LogP contribution in [-0.4, -0.2) is 0 Å². The van der Waals surface area contributed by atoms with Gasteiger partial charge < -0.3 is 0 Å². The van der Waals surface area contributed by atoms with Crippen LogP contribution in [0.5, 0.6) is 0 Å². The average Bonchev–Trinajstić information content (AvgIpc) is 2.36. The number of hydrogen-bond acceptors (Lipinski definition) is 2. The number of rotatable bonds is 4. The largest absolute Gasteiger partial charge is 0.197 e. The van der Waals surface area contributed by atoms with Crippen LogP contribution in [0.1, 0.15) is 38.7 Å². The Kier molecular flexibility index (Phi) is 4.30. The third-order valence-electron chi connectivity index (χ3n) is 3.52. The third-order valence-corrected chi connectivity index (χ3v) is 3.52. The first-order valence-electron chi connectivity index (χ1n) is 5.91. The lowest BCUT2D eigenvalue weighted by atomic mass is 9.68. The molecule has 2 heteroatoms. The standard InChI is InChI=1S/C15H18N2/c1-4-15(2,3)14(13(10-16)11-17)12-8-6-5-7-9-12/h5-9,13-14H,4H2,1-3H3. The minimum Gasteiger partial charge on any atom is -0.197 e. The van der Waals surface area contributed by atoms with Crippen molar-refractivity contribution in [3.63, 3.8) is 0 Å². The molecule has 1 rings (SSSR count). The van der Waals surface area contributed by atoms with Crippen LogP contribution >= 0.6 is 0 Å². The molecule has 2 nitrogen and oxygen atoms in total. The second-order valence-corrected chi connectivity index (χ2v) is 4.97. The summed E-state index contributed by atoms with van der Waals surface area (Å²) in [5.74, 6) is -0.629. The second kappa shape index (κ2) is 5.51. The van der Waals surface area contributed by atoms with Crippen molar-refractivity contribution in [1.82, 2.24) is 0 Å². The fraction of sp³-hybridized carbons (Fsp3) is 0.467. The van der Waals surface area contributed by atoms with Crippen molar-refractivity contribution >= 4 is 0 Å². The maximum atomic E-state index is 9.14. The fourth-order valence-corrected chi connectivity index (χ4v) is 2.15. The van der Waals surface area contributed by atoms with E-state index >= 15 is 0 Å². The molecule has 0 spiro atoms. The van der Waals surface area contributed by atoms with E-state index in [2.05, 4.69) is 32.9 Å². The number of benzene rings is 1. The van der Waals surface area contributed by atoms with Gasteiger partial charge in [-0.1, -0.05) is 57.5 Å². The molecule has 1 atom stereocenters. The smallest absolute Gasteiger partial charge is 0.140 e. The van der Waals surface area contributed by atoms with E-state index in [0.717, 1.165) is 12.0 Å². The molecule has 0 aliphatic carbocycles. The molecule has 1 aromatic carbocycles. The summed E-state index contributed by atoms with van der Waals surface area (Å²) in [7, 11) is 0. The van der Waals surface area contributed by atoms with Gasteiger partial charge in [-0.3, -0.25) is 0 Å². The Morgan fingerprint density at radius 2 is 1.65 bits per heavy atom. The molecule has 0 bridgehead atoms. The molecule has 0 aliphatic heterocycles. The van der Waals surface area contributed by atoms with E-state index in [4.69, 9.17) is 10.5 Å². The summed E-state index contributed by atoms with van der Waals surface area (Å²) >= 11 is 0. The highest BCUT2D eigenvalue weighted by atomic mass is 14.4. The first kappa shape index (κ1) is 13.3. The summed E-state index contributed by atoms with van der Waals surface area (Å²) in [6.45, 7) is 6.33. The zero-order valence-corrected chi connectivity index (χ0v) is 10.6. The van der Waals surface area contributed by atoms with Crippen LogP contribution in [0.25, 0.3) is 0 Å². The van der Waals surface area contributed by atoms with Gasteiger partial charge in [-0.2, -0.15) is 10.5 Å². The van der Waals surface area contributed by atoms with Gasteiger partial charge in [0, 0.05) is 5.92 Å². The van der Waals surface area contributed by atoms with Crippen LogP contribution in [-0.2, 0) is 0 Å². The molecule has 1 aromatic rings. The van der Waals surface area contributed by atoms with Crippen molar-refractivity contribution in [2.45, 2.75) is 33.1 Å². The Labute approximate surface area is 104 Å². The van der Waals surface area contributed by atoms with Gasteiger partial charge in [0.2, 0.25) is 0 Å². The van der Waals surface area contributed by atoms with Crippen molar-refractivity contribution in [3.8, 4) is 12.1 Å². The molecule has 0 aliphatic rings. The minimum absolute atomic E-state index is 0.0382. The quantitative estimate of drug-likeness (QED) is 0.782. The predicted molar refractivity (Wildman–Crippen MR) is 68.0 cm³/mol. The number of nitrogens with zero attached hydrogens (tertiary/aromatic N) is 2. The zero-order chi connectivity index (χ0) is 12.9. The molecule has 0 heterocycles. The van der Waals surface area contributed by atoms with Crippen LogP contribution in [0.2, 0.25) is 0 Å². The van der Waals surface area contributed by atoms with Crippen molar-refractivity contribution in [2.24, 2.45) is 11.3 Å². The number of hydrogen-bond donors (Lipinski definition) is 0. The molecule has 1 unspecified atom stereocenters. The van der Waals surface area contributed by atoms with Crippen LogP contribution in [0, 0.1) is 34.0 Å². The van der Waals surface area contributed by atoms with Crippen LogP contribution in [0.15, 0.2) is 30.3 Å². The second-order valence-electron chi connectivity index (χ2n) is 4.97. The monoisotopic (exact) mass is 226 g/mol. The molecule has 0 fully saturated rings. The summed E-state index contributed by atoms with van der Waals surface area (Å²) in [4.78, 5) is 0. The molecule has 0 saturated carbocycles. The lowest BCUT2D eigenvalue weighted by Crippen LogP contribution is -2.27. The molecule has 0 saturated heterocycles. The van der Waals surface area contributed by atoms with E-state index in [1.807, 2.05) is 30.3 Å². The highest BCUT2D eigenvalue weighted by molar-refractivity contribution is 5.27. The molecule has 0 amide bonds. The van der Waals surface area contributed by atoms with Crippen molar-refractivity contribution < 1.29 is 0 Å². The van der Waals surface area contributed by atoms with Gasteiger partial charge in [0.1, 0.15) is 5.92 Å². The van der Waals surface area contributed by atoms with E-state index in [-0.39, 0.29) is 11.3 Å². The summed E-state index contributed by atoms with van der Waals surface area (Å²) < 4.78 is 0. The molecule has 0 radical (unpaired) electrons. The molecular weight excluding hydrogens is 208 g/mol. The van der Waals surface area contributed by atoms with Gasteiger partial charge >= 0.3 is 0 Å². The Hall–Kier alpha value is -1.80. The Morgan fingerprint density at radius 3 is 2.06 bits per heavy atom. The third kappa shape index (κ3) is 2.86. The van der Waals surface area contributed by atoms with Crippen molar-refractivity contribution in [2.75, 3.05) is 0 Å². The molecule has 88 valence electrons. The van der Waals surface area contributed by atoms with E-state index in [9.17, 15) is 0 Å². The van der Waals surface area contributed by atoms with Crippen LogP contribution in [0.3, 0.4) is 0 Å². The summed E-state index contributed by atoms with van der Waals surface area (Å²) in [6, 6.07) is 14.1. The van der Waals surface area contributed by atoms with E-state index < -0.39 is 5.92 Å². The fourth-order valence-electron chi connectivity index (χ4n) is 2.15. The van der Waals surface area contributed by atoms with E-state index in [0.29, 0.717) is 0 Å². The molecule has 0 N–H and O–H groups in total. The zero-order valence-electron chi connectivity index (χ0n) is 10.6. The van der Waals surface area contributed by atoms with Gasteiger partial charge in [0.05, 0.1) is 12.1 Å². The highest BCUT2D eigenvalue weighted by Gasteiger charge is 2.35. The number of nitriles is 2. The van der Waals surface area contributed by atoms with Crippen LogP contribution in [0.4, 0.5) is 0 Å². The van der Waals surface area contributed by atoms with Gasteiger partial charge in [0.15, 0.2) is 0 Å². The first-order chi connectivity index (χ1) is 8.06. The predicted octanol–water partition coefficient (Wildman–Crippen LogP) is 3.87. The van der Waals surface area contributed by atoms with Gasteiger partial charge in [0.25, 0.3) is 0 Å². The molecule has 17 heavy (non-hydrogen) atoms. The Bertz CT molecular complexity index is 420. The lowest BCUT2D eigenvalue weighted by molar-refractivity contribution is 0.252. The molecule has 0 aromatic heterocycles. The van der Waals surface area contributed by atoms with E-state index in [1.165, 1.54) is 0 Å². The SMILES string of the molecule is CCC(C)(C)C(c1ccccc1)C(C#N)C#N. The van der Waals surface area contributed by atoms with Crippen molar-refractivity contribution in [1.29, 1.82) is 10.5 Å². The summed E-state index contributed by atoms with van der Waals surface area (Å²) in [5, 5.41) is 18.3. The maximum Gasteiger partial charge on any atom is 0.140 e. The summed E-state index contributed by atoms with van der Waals surface area (Å²) in [6.07, 6.45) is 0.937. The maximum absolute atomic E-state index is 9.14. The van der Waals surface area contributed by atoms with Gasteiger partial charge in [-0.05, 0) is 11.0 Å². The Balaban J connectivity index is 3.23. The minimum atomic E-state index is -0.590.